The number of hydrogen-bond donors (Lipinski definition) is 1. The molecule has 0 saturated heterocycles. The lowest BCUT2D eigenvalue weighted by atomic mass is 10.1. The summed E-state index contributed by atoms with van der Waals surface area (Å²) in [6, 6.07) is 8.47. The lowest BCUT2D eigenvalue weighted by molar-refractivity contribution is -0.203. The summed E-state index contributed by atoms with van der Waals surface area (Å²) in [6.45, 7) is 0. The largest absolute Gasteiger partial charge is 0.414 e. The maximum atomic E-state index is 12.2. The second kappa shape index (κ2) is 4.74. The van der Waals surface area contributed by atoms with E-state index >= 15 is 0 Å². The molecular weight excluding hydrogens is 267 g/mol. The summed E-state index contributed by atoms with van der Waals surface area (Å²) in [4.78, 5) is 3.86. The highest BCUT2D eigenvalue weighted by Gasteiger charge is 2.38. The quantitative estimate of drug-likeness (QED) is 0.853. The van der Waals surface area contributed by atoms with Gasteiger partial charge in [-0.05, 0) is 11.5 Å². The van der Waals surface area contributed by atoms with Crippen LogP contribution < -0.4 is 0 Å². The molecule has 0 spiro atoms. The fraction of sp³-hybridized carbons (Fsp3) is 0.250. The van der Waals surface area contributed by atoms with E-state index in [2.05, 4.69) is 4.98 Å². The van der Waals surface area contributed by atoms with Crippen LogP contribution in [0.1, 0.15) is 5.69 Å². The minimum absolute atomic E-state index is 0.114. The van der Waals surface area contributed by atoms with E-state index in [0.29, 0.717) is 10.8 Å². The summed E-state index contributed by atoms with van der Waals surface area (Å²) < 4.78 is 36.7. The number of hydrogen-bond acceptors (Lipinski definition) is 2. The highest BCUT2D eigenvalue weighted by atomic mass is 35.5. The van der Waals surface area contributed by atoms with Crippen molar-refractivity contribution in [3.63, 3.8) is 0 Å². The fourth-order valence-corrected chi connectivity index (χ4v) is 1.91. The Morgan fingerprint density at radius 3 is 2.61 bits per heavy atom. The molecule has 1 heterocycles. The van der Waals surface area contributed by atoms with Crippen molar-refractivity contribution in [1.29, 1.82) is 0 Å². The van der Waals surface area contributed by atoms with Crippen LogP contribution in [0.4, 0.5) is 13.2 Å². The number of nitrogens with zero attached hydrogens (tertiary/aromatic N) is 1. The van der Waals surface area contributed by atoms with Gasteiger partial charge in [0, 0.05) is 17.5 Å². The number of aliphatic hydroxyl groups excluding tert-OH is 1. The van der Waals surface area contributed by atoms with E-state index in [-0.39, 0.29) is 10.8 Å². The second-order valence-electron chi connectivity index (χ2n) is 3.89. The highest BCUT2D eigenvalue weighted by molar-refractivity contribution is 6.34. The van der Waals surface area contributed by atoms with Gasteiger partial charge in [-0.2, -0.15) is 13.2 Å². The van der Waals surface area contributed by atoms with E-state index in [1.54, 1.807) is 24.3 Å². The third-order valence-electron chi connectivity index (χ3n) is 2.53. The molecule has 0 bridgehead atoms. The van der Waals surface area contributed by atoms with Crippen LogP contribution in [0.2, 0.25) is 5.15 Å². The number of aliphatic hydroxyl groups is 1. The van der Waals surface area contributed by atoms with Gasteiger partial charge in [-0.25, -0.2) is 4.98 Å². The van der Waals surface area contributed by atoms with Crippen LogP contribution in [0.5, 0.6) is 0 Å². The van der Waals surface area contributed by atoms with Crippen molar-refractivity contribution >= 4 is 22.4 Å². The smallest absolute Gasteiger partial charge is 0.383 e. The predicted octanol–water partition coefficient (Wildman–Crippen LogP) is 3.35. The first kappa shape index (κ1) is 13.1. The molecule has 1 unspecified atom stereocenters. The van der Waals surface area contributed by atoms with Crippen molar-refractivity contribution in [1.82, 2.24) is 4.98 Å². The Kier molecular flexibility index (Phi) is 3.45. The molecule has 1 N–H and O–H groups in total. The molecule has 0 amide bonds. The summed E-state index contributed by atoms with van der Waals surface area (Å²) in [5, 5.41) is 10.5. The van der Waals surface area contributed by atoms with Gasteiger partial charge in [0.05, 0.1) is 0 Å². The Bertz CT molecular complexity index is 571. The van der Waals surface area contributed by atoms with Gasteiger partial charge >= 0.3 is 6.18 Å². The van der Waals surface area contributed by atoms with Gasteiger partial charge in [-0.3, -0.25) is 0 Å². The molecule has 2 nitrogen and oxygen atoms in total. The van der Waals surface area contributed by atoms with E-state index < -0.39 is 18.7 Å². The van der Waals surface area contributed by atoms with Gasteiger partial charge in [0.1, 0.15) is 5.15 Å². The zero-order valence-corrected chi connectivity index (χ0v) is 9.83. The maximum Gasteiger partial charge on any atom is 0.414 e. The molecule has 1 aromatic heterocycles. The number of halogens is 4. The monoisotopic (exact) mass is 275 g/mol. The maximum absolute atomic E-state index is 12.2. The van der Waals surface area contributed by atoms with E-state index in [4.69, 9.17) is 16.7 Å². The van der Waals surface area contributed by atoms with Crippen LogP contribution in [0, 0.1) is 0 Å². The Morgan fingerprint density at radius 2 is 1.94 bits per heavy atom. The van der Waals surface area contributed by atoms with Crippen molar-refractivity contribution in [2.45, 2.75) is 18.7 Å². The number of rotatable bonds is 2. The zero-order chi connectivity index (χ0) is 13.3. The first-order chi connectivity index (χ1) is 8.38. The van der Waals surface area contributed by atoms with Crippen LogP contribution in [0.3, 0.4) is 0 Å². The van der Waals surface area contributed by atoms with Crippen molar-refractivity contribution in [2.75, 3.05) is 0 Å². The van der Waals surface area contributed by atoms with Gasteiger partial charge < -0.3 is 5.11 Å². The van der Waals surface area contributed by atoms with Gasteiger partial charge in [0.25, 0.3) is 0 Å². The lowest BCUT2D eigenvalue weighted by Gasteiger charge is -2.14. The molecule has 0 aliphatic carbocycles. The second-order valence-corrected chi connectivity index (χ2v) is 4.25. The molecule has 0 radical (unpaired) electrons. The zero-order valence-electron chi connectivity index (χ0n) is 9.08. The van der Waals surface area contributed by atoms with Crippen molar-refractivity contribution in [2.24, 2.45) is 0 Å². The first-order valence-electron chi connectivity index (χ1n) is 5.17. The number of fused-ring (bicyclic) bond motifs is 1. The fourth-order valence-electron chi connectivity index (χ4n) is 1.63. The minimum Gasteiger partial charge on any atom is -0.383 e. The van der Waals surface area contributed by atoms with Crippen molar-refractivity contribution in [3.8, 4) is 0 Å². The van der Waals surface area contributed by atoms with Crippen LogP contribution in [0.25, 0.3) is 10.8 Å². The summed E-state index contributed by atoms with van der Waals surface area (Å²) in [6.07, 6.45) is -7.68. The van der Waals surface area contributed by atoms with Crippen LogP contribution >= 0.6 is 11.6 Å². The molecule has 18 heavy (non-hydrogen) atoms. The van der Waals surface area contributed by atoms with Gasteiger partial charge in [0.2, 0.25) is 0 Å². The van der Waals surface area contributed by atoms with E-state index in [9.17, 15) is 13.2 Å². The Balaban J connectivity index is 2.36. The summed E-state index contributed by atoms with van der Waals surface area (Å²) in [5.74, 6) is 0. The molecular formula is C12H9ClF3NO. The summed E-state index contributed by atoms with van der Waals surface area (Å²) in [5.41, 5.74) is 0.114. The van der Waals surface area contributed by atoms with Gasteiger partial charge in [-0.1, -0.05) is 35.9 Å². The van der Waals surface area contributed by atoms with Crippen molar-refractivity contribution in [3.05, 3.63) is 41.2 Å². The average molecular weight is 276 g/mol. The standard InChI is InChI=1S/C12H9ClF3NO/c13-11-9-4-2-1-3-7(9)5-8(17-11)6-10(18)12(14,15)16/h1-5,10,18H,6H2. The minimum atomic E-state index is -4.65. The lowest BCUT2D eigenvalue weighted by Crippen LogP contribution is -2.30. The average Bonchev–Trinajstić information content (AvgIpc) is 2.27. The molecule has 2 rings (SSSR count). The third-order valence-corrected chi connectivity index (χ3v) is 2.82. The first-order valence-corrected chi connectivity index (χ1v) is 5.54. The SMILES string of the molecule is OC(Cc1cc2ccccc2c(Cl)n1)C(F)(F)F. The van der Waals surface area contributed by atoms with Gasteiger partial charge in [0.15, 0.2) is 6.10 Å². The summed E-state index contributed by atoms with van der Waals surface area (Å²) >= 11 is 5.89. The molecule has 0 fully saturated rings. The number of pyridine rings is 1. The van der Waals surface area contributed by atoms with Crippen LogP contribution in [-0.2, 0) is 6.42 Å². The Hall–Kier alpha value is -1.33. The van der Waals surface area contributed by atoms with Crippen LogP contribution in [-0.4, -0.2) is 22.4 Å². The highest BCUT2D eigenvalue weighted by Crippen LogP contribution is 2.26. The Morgan fingerprint density at radius 1 is 1.28 bits per heavy atom. The number of benzene rings is 1. The number of aromatic nitrogens is 1. The van der Waals surface area contributed by atoms with Crippen LogP contribution in [0.15, 0.2) is 30.3 Å². The van der Waals surface area contributed by atoms with Gasteiger partial charge in [-0.15, -0.1) is 0 Å². The van der Waals surface area contributed by atoms with E-state index in [1.807, 2.05) is 0 Å². The molecule has 0 aliphatic heterocycles. The molecule has 0 saturated carbocycles. The normalized spacial score (nSPS) is 13.8. The Labute approximate surface area is 106 Å². The predicted molar refractivity (Wildman–Crippen MR) is 62.5 cm³/mol. The van der Waals surface area contributed by atoms with E-state index in [1.165, 1.54) is 6.07 Å². The molecule has 6 heteroatoms. The molecule has 2 aromatic rings. The topological polar surface area (TPSA) is 33.1 Å². The molecule has 0 aliphatic rings. The third kappa shape index (κ3) is 2.73. The van der Waals surface area contributed by atoms with E-state index in [0.717, 1.165) is 0 Å². The summed E-state index contributed by atoms with van der Waals surface area (Å²) in [7, 11) is 0. The molecule has 1 atom stereocenters. The number of alkyl halides is 3. The van der Waals surface area contributed by atoms with Crippen molar-refractivity contribution < 1.29 is 18.3 Å². The molecule has 1 aromatic carbocycles. The molecule has 96 valence electrons.